The molecule has 0 aliphatic carbocycles. The summed E-state index contributed by atoms with van der Waals surface area (Å²) in [5.74, 6) is 0. The Morgan fingerprint density at radius 2 is 1.82 bits per heavy atom. The average Bonchev–Trinajstić information content (AvgIpc) is 2.72. The van der Waals surface area contributed by atoms with Crippen molar-refractivity contribution < 1.29 is 25.8 Å². The van der Waals surface area contributed by atoms with Crippen LogP contribution < -0.4 is 0 Å². The van der Waals surface area contributed by atoms with Crippen molar-refractivity contribution in [3.05, 3.63) is 42.8 Å². The van der Waals surface area contributed by atoms with Gasteiger partial charge in [0, 0.05) is 6.61 Å². The molecule has 1 unspecified atom stereocenters. The van der Waals surface area contributed by atoms with Gasteiger partial charge in [0.2, 0.25) is 0 Å². The predicted octanol–water partition coefficient (Wildman–Crippen LogP) is 1.74. The molecule has 1 nitrogen and oxygen atoms in total. The molecule has 56 valence electrons. The summed E-state index contributed by atoms with van der Waals surface area (Å²) in [6.45, 7) is 4.69. The van der Waals surface area contributed by atoms with Gasteiger partial charge in [0.25, 0.3) is 0 Å². The van der Waals surface area contributed by atoms with Crippen LogP contribution in [0.3, 0.4) is 0 Å². The molecule has 0 aromatic heterocycles. The Morgan fingerprint density at radius 1 is 1.27 bits per heavy atom. The summed E-state index contributed by atoms with van der Waals surface area (Å²) in [6, 6.07) is 10.1. The van der Waals surface area contributed by atoms with Crippen LogP contribution >= 0.6 is 0 Å². The monoisotopic (exact) mass is 317 g/mol. The first kappa shape index (κ1) is 8.96. The largest absolute Gasteiger partial charge is 2.00 e. The maximum Gasteiger partial charge on any atom is 2.00 e. The smallest absolute Gasteiger partial charge is 0.400 e. The zero-order valence-corrected chi connectivity index (χ0v) is 9.05. The van der Waals surface area contributed by atoms with Gasteiger partial charge in [-0.2, -0.15) is 0 Å². The van der Waals surface area contributed by atoms with Crippen LogP contribution in [0.1, 0.15) is 5.56 Å². The van der Waals surface area contributed by atoms with Crippen LogP contribution in [0, 0.1) is 6.92 Å². The Morgan fingerprint density at radius 3 is 2.27 bits per heavy atom. The van der Waals surface area contributed by atoms with Crippen molar-refractivity contribution in [2.75, 3.05) is 6.61 Å². The molecule has 2 rings (SSSR count). The average molecular weight is 317 g/mol. The van der Waals surface area contributed by atoms with Crippen LogP contribution in [0.5, 0.6) is 0 Å². The quantitative estimate of drug-likeness (QED) is 0.568. The number of hydrogen-bond acceptors (Lipinski definition) is 1. The van der Waals surface area contributed by atoms with E-state index in [9.17, 15) is 0 Å². The molecule has 1 saturated heterocycles. The molecule has 0 bridgehead atoms. The maximum atomic E-state index is 5.17. The van der Waals surface area contributed by atoms with E-state index in [4.69, 9.17) is 4.74 Å². The van der Waals surface area contributed by atoms with Crippen LogP contribution in [0.15, 0.2) is 30.3 Å². The van der Waals surface area contributed by atoms with Crippen molar-refractivity contribution in [1.29, 1.82) is 0 Å². The molecule has 0 spiro atoms. The van der Waals surface area contributed by atoms with Crippen molar-refractivity contribution in [2.45, 2.75) is 5.60 Å². The van der Waals surface area contributed by atoms with Gasteiger partial charge in [-0.1, -0.05) is 30.3 Å². The molecule has 1 aliphatic heterocycles. The summed E-state index contributed by atoms with van der Waals surface area (Å²) >= 11 is 0. The topological polar surface area (TPSA) is 12.5 Å². The van der Waals surface area contributed by atoms with Gasteiger partial charge in [0.1, 0.15) is 0 Å². The summed E-state index contributed by atoms with van der Waals surface area (Å²) in [5.41, 5.74) is 0.969. The SMILES string of the molecule is [CH2-]C1(c2ccccc2)CO1.[W+2]. The van der Waals surface area contributed by atoms with Gasteiger partial charge in [-0.05, 0) is 11.2 Å². The van der Waals surface area contributed by atoms with Crippen LogP contribution in [0.25, 0.3) is 0 Å². The second kappa shape index (κ2) is 3.08. The third-order valence-electron chi connectivity index (χ3n) is 1.79. The van der Waals surface area contributed by atoms with Crippen LogP contribution in [-0.4, -0.2) is 6.61 Å². The number of rotatable bonds is 1. The van der Waals surface area contributed by atoms with Crippen LogP contribution in [-0.2, 0) is 31.4 Å². The maximum absolute atomic E-state index is 5.17. The number of ether oxygens (including phenoxy) is 1. The minimum absolute atomic E-state index is 0. The van der Waals surface area contributed by atoms with E-state index in [1.807, 2.05) is 30.3 Å². The molecule has 1 fully saturated rings. The summed E-state index contributed by atoms with van der Waals surface area (Å²) < 4.78 is 5.17. The molecule has 11 heavy (non-hydrogen) atoms. The Labute approximate surface area is 81.0 Å². The normalized spacial score (nSPS) is 27.4. The molecule has 2 heteroatoms. The van der Waals surface area contributed by atoms with Crippen molar-refractivity contribution in [3.8, 4) is 0 Å². The molecular formula is C9H9OW+. The van der Waals surface area contributed by atoms with Crippen molar-refractivity contribution in [2.24, 2.45) is 0 Å². The third kappa shape index (κ3) is 1.72. The number of benzene rings is 1. The Bertz CT molecular complexity index is 229. The van der Waals surface area contributed by atoms with Gasteiger partial charge in [0.15, 0.2) is 0 Å². The van der Waals surface area contributed by atoms with Crippen molar-refractivity contribution in [1.82, 2.24) is 0 Å². The molecule has 1 heterocycles. The fourth-order valence-corrected chi connectivity index (χ4v) is 0.996. The number of epoxide rings is 1. The van der Waals surface area contributed by atoms with Gasteiger partial charge in [0.05, 0.1) is 0 Å². The summed E-state index contributed by atoms with van der Waals surface area (Å²) in [4.78, 5) is 0. The van der Waals surface area contributed by atoms with E-state index in [1.54, 1.807) is 0 Å². The molecule has 1 atom stereocenters. The van der Waals surface area contributed by atoms with Crippen LogP contribution in [0.4, 0.5) is 0 Å². The van der Waals surface area contributed by atoms with E-state index in [-0.39, 0.29) is 26.7 Å². The second-order valence-corrected chi connectivity index (χ2v) is 2.65. The Hall–Kier alpha value is -0.132. The Balaban J connectivity index is 0.000000605. The fraction of sp³-hybridized carbons (Fsp3) is 0.222. The Kier molecular flexibility index (Phi) is 2.51. The van der Waals surface area contributed by atoms with Gasteiger partial charge in [-0.15, -0.1) is 0 Å². The molecule has 1 aromatic carbocycles. The zero-order valence-electron chi connectivity index (χ0n) is 6.12. The first-order chi connectivity index (χ1) is 4.81. The van der Waals surface area contributed by atoms with Gasteiger partial charge in [-0.25, -0.2) is 0 Å². The first-order valence-electron chi connectivity index (χ1n) is 3.36. The third-order valence-corrected chi connectivity index (χ3v) is 1.79. The second-order valence-electron chi connectivity index (χ2n) is 2.65. The summed E-state index contributed by atoms with van der Waals surface area (Å²) in [6.07, 6.45) is 0. The molecule has 0 saturated carbocycles. The van der Waals surface area contributed by atoms with E-state index in [0.717, 1.165) is 6.61 Å². The fourth-order valence-electron chi connectivity index (χ4n) is 0.996. The summed E-state index contributed by atoms with van der Waals surface area (Å²) in [5, 5.41) is 0. The van der Waals surface area contributed by atoms with E-state index < -0.39 is 0 Å². The standard InChI is InChI=1S/C9H9O.W/c1-9(7-10-9)8-5-3-2-4-6-8;/h2-6H,1,7H2;/q-1;+2. The molecule has 0 radical (unpaired) electrons. The first-order valence-corrected chi connectivity index (χ1v) is 3.36. The predicted molar refractivity (Wildman–Crippen MR) is 39.4 cm³/mol. The van der Waals surface area contributed by atoms with E-state index in [1.165, 1.54) is 5.56 Å². The van der Waals surface area contributed by atoms with Crippen molar-refractivity contribution in [3.63, 3.8) is 0 Å². The van der Waals surface area contributed by atoms with Gasteiger partial charge >= 0.3 is 21.1 Å². The van der Waals surface area contributed by atoms with Gasteiger partial charge < -0.3 is 11.7 Å². The molecular weight excluding hydrogens is 308 g/mol. The minimum Gasteiger partial charge on any atom is -0.400 e. The minimum atomic E-state index is -0.207. The van der Waals surface area contributed by atoms with E-state index in [0.29, 0.717) is 0 Å². The molecule has 1 aromatic rings. The molecule has 1 aliphatic rings. The summed E-state index contributed by atoms with van der Waals surface area (Å²) in [7, 11) is 0. The zero-order chi connectivity index (χ0) is 7.03. The molecule has 0 amide bonds. The number of hydrogen-bond donors (Lipinski definition) is 0. The van der Waals surface area contributed by atoms with Crippen molar-refractivity contribution >= 4 is 0 Å². The molecule has 0 N–H and O–H groups in total. The van der Waals surface area contributed by atoms with E-state index >= 15 is 0 Å². The van der Waals surface area contributed by atoms with Gasteiger partial charge in [-0.3, -0.25) is 0 Å². The van der Waals surface area contributed by atoms with Crippen LogP contribution in [0.2, 0.25) is 0 Å². The van der Waals surface area contributed by atoms with E-state index in [2.05, 4.69) is 6.92 Å².